The summed E-state index contributed by atoms with van der Waals surface area (Å²) < 4.78 is 23.5. The van der Waals surface area contributed by atoms with Crippen molar-refractivity contribution in [2.75, 3.05) is 16.8 Å². The van der Waals surface area contributed by atoms with E-state index in [0.717, 1.165) is 24.1 Å². The van der Waals surface area contributed by atoms with E-state index in [4.69, 9.17) is 0 Å². The quantitative estimate of drug-likeness (QED) is 0.683. The zero-order valence-electron chi connectivity index (χ0n) is 17.3. The monoisotopic (exact) mass is 446 g/mol. The smallest absolute Gasteiger partial charge is 0.267 e. The van der Waals surface area contributed by atoms with Crippen molar-refractivity contribution in [1.29, 1.82) is 0 Å². The van der Waals surface area contributed by atoms with Crippen LogP contribution in [0.3, 0.4) is 0 Å². The third-order valence-corrected chi connectivity index (χ3v) is 7.60. The lowest BCUT2D eigenvalue weighted by Gasteiger charge is -2.28. The highest BCUT2D eigenvalue weighted by molar-refractivity contribution is 7.91. The molecule has 9 nitrogen and oxygen atoms in total. The summed E-state index contributed by atoms with van der Waals surface area (Å²) in [6.45, 7) is 1.84. The van der Waals surface area contributed by atoms with Crippen molar-refractivity contribution in [1.82, 2.24) is 10.3 Å². The van der Waals surface area contributed by atoms with Crippen LogP contribution < -0.4 is 10.6 Å². The first-order valence-electron chi connectivity index (χ1n) is 10.5. The highest BCUT2D eigenvalue weighted by Gasteiger charge is 2.37. The van der Waals surface area contributed by atoms with Gasteiger partial charge in [0.1, 0.15) is 5.71 Å². The summed E-state index contributed by atoms with van der Waals surface area (Å²) in [5, 5.41) is 11.1. The van der Waals surface area contributed by atoms with Crippen molar-refractivity contribution < 1.29 is 22.8 Å². The van der Waals surface area contributed by atoms with E-state index >= 15 is 0 Å². The molecule has 2 fully saturated rings. The van der Waals surface area contributed by atoms with Gasteiger partial charge in [-0.1, -0.05) is 12.1 Å². The number of carbonyl (C=O) groups is 3. The maximum atomic E-state index is 12.7. The molecule has 0 radical (unpaired) electrons. The molecule has 1 aromatic rings. The van der Waals surface area contributed by atoms with E-state index in [1.807, 2.05) is 19.1 Å². The number of rotatable bonds is 6. The van der Waals surface area contributed by atoms with Gasteiger partial charge in [-0.3, -0.25) is 14.4 Å². The molecule has 2 atom stereocenters. The molecule has 1 aliphatic carbocycles. The first kappa shape index (κ1) is 21.5. The molecule has 3 amide bonds. The lowest BCUT2D eigenvalue weighted by atomic mass is 10.1. The molecule has 0 aromatic heterocycles. The molecule has 2 unspecified atom stereocenters. The minimum atomic E-state index is -3.16. The normalized spacial score (nSPS) is 23.8. The maximum absolute atomic E-state index is 12.7. The van der Waals surface area contributed by atoms with Crippen molar-refractivity contribution in [3.05, 3.63) is 29.8 Å². The molecule has 10 heteroatoms. The third-order valence-electron chi connectivity index (χ3n) is 5.85. The van der Waals surface area contributed by atoms with Crippen LogP contribution in [0.5, 0.6) is 0 Å². The summed E-state index contributed by atoms with van der Waals surface area (Å²) in [6, 6.07) is 6.48. The lowest BCUT2D eigenvalue weighted by Crippen LogP contribution is -2.44. The van der Waals surface area contributed by atoms with E-state index in [9.17, 15) is 22.8 Å². The van der Waals surface area contributed by atoms with Crippen LogP contribution in [0, 0.1) is 5.92 Å². The fraction of sp³-hybridized carbons (Fsp3) is 0.524. The average molecular weight is 447 g/mol. The van der Waals surface area contributed by atoms with Gasteiger partial charge in [-0.05, 0) is 43.9 Å². The molecule has 31 heavy (non-hydrogen) atoms. The molecule has 1 aromatic carbocycles. The molecule has 2 N–H and O–H groups in total. The Morgan fingerprint density at radius 3 is 2.45 bits per heavy atom. The summed E-state index contributed by atoms with van der Waals surface area (Å²) in [5.74, 6) is -0.542. The molecule has 3 aliphatic rings. The van der Waals surface area contributed by atoms with Gasteiger partial charge in [0, 0.05) is 24.4 Å². The first-order valence-corrected chi connectivity index (χ1v) is 12.4. The van der Waals surface area contributed by atoms with Crippen molar-refractivity contribution in [2.45, 2.75) is 51.1 Å². The number of hydrogen-bond acceptors (Lipinski definition) is 6. The Kier molecular flexibility index (Phi) is 5.83. The van der Waals surface area contributed by atoms with Crippen LogP contribution in [0.15, 0.2) is 29.4 Å². The van der Waals surface area contributed by atoms with Crippen LogP contribution >= 0.6 is 0 Å². The van der Waals surface area contributed by atoms with E-state index in [-0.39, 0.29) is 59.7 Å². The molecular weight excluding hydrogens is 420 g/mol. The highest BCUT2D eigenvalue weighted by Crippen LogP contribution is 2.30. The third kappa shape index (κ3) is 5.12. The van der Waals surface area contributed by atoms with Gasteiger partial charge in [0.2, 0.25) is 11.8 Å². The molecule has 166 valence electrons. The van der Waals surface area contributed by atoms with Gasteiger partial charge in [0.05, 0.1) is 23.6 Å². The summed E-state index contributed by atoms with van der Waals surface area (Å²) in [4.78, 5) is 36.8. The van der Waals surface area contributed by atoms with Gasteiger partial charge in [-0.2, -0.15) is 5.10 Å². The largest absolute Gasteiger partial charge is 0.344 e. The minimum Gasteiger partial charge on any atom is -0.344 e. The van der Waals surface area contributed by atoms with Crippen molar-refractivity contribution >= 4 is 39.0 Å². The number of hydrazone groups is 1. The average Bonchev–Trinajstić information content (AvgIpc) is 3.52. The van der Waals surface area contributed by atoms with E-state index in [1.165, 1.54) is 5.01 Å². The molecule has 1 saturated carbocycles. The standard InChI is InChI=1S/C21H26N4O5S/c1-13(14-4-6-16(7-5-14)23-20(27)15-2-3-15)22-21(28)18-8-9-19(26)25(24-18)17-10-11-31(29,30)12-17/h4-7,13,15,17H,2-3,8-12H2,1H3,(H,22,28)(H,23,27). The Hall–Kier alpha value is -2.75. The molecule has 2 heterocycles. The predicted octanol–water partition coefficient (Wildman–Crippen LogP) is 1.38. The summed E-state index contributed by atoms with van der Waals surface area (Å²) in [5.41, 5.74) is 1.81. The van der Waals surface area contributed by atoms with Crippen molar-refractivity contribution in [3.8, 4) is 0 Å². The highest BCUT2D eigenvalue weighted by atomic mass is 32.2. The number of benzene rings is 1. The SMILES string of the molecule is CC(NC(=O)C1=NN(C2CCS(=O)(=O)C2)C(=O)CC1)c1ccc(NC(=O)C2CC2)cc1. The predicted molar refractivity (Wildman–Crippen MR) is 115 cm³/mol. The Morgan fingerprint density at radius 1 is 1.13 bits per heavy atom. The van der Waals surface area contributed by atoms with E-state index in [0.29, 0.717) is 6.42 Å². The second-order valence-corrected chi connectivity index (χ2v) is 10.7. The maximum Gasteiger partial charge on any atom is 0.267 e. The van der Waals surface area contributed by atoms with Crippen LogP contribution in [0.25, 0.3) is 0 Å². The number of anilines is 1. The Bertz CT molecular complexity index is 1030. The van der Waals surface area contributed by atoms with Crippen LogP contribution in [-0.4, -0.2) is 54.4 Å². The van der Waals surface area contributed by atoms with E-state index < -0.39 is 15.9 Å². The second kappa shape index (κ2) is 8.41. The zero-order valence-corrected chi connectivity index (χ0v) is 18.2. The van der Waals surface area contributed by atoms with Crippen LogP contribution in [-0.2, 0) is 24.2 Å². The number of hydrogen-bond donors (Lipinski definition) is 2. The molecule has 4 rings (SSSR count). The van der Waals surface area contributed by atoms with Crippen LogP contribution in [0.1, 0.15) is 50.6 Å². The van der Waals surface area contributed by atoms with Gasteiger partial charge in [0.15, 0.2) is 9.84 Å². The van der Waals surface area contributed by atoms with E-state index in [2.05, 4.69) is 15.7 Å². The van der Waals surface area contributed by atoms with Gasteiger partial charge in [0.25, 0.3) is 5.91 Å². The summed E-state index contributed by atoms with van der Waals surface area (Å²) in [7, 11) is -3.16. The van der Waals surface area contributed by atoms with Crippen LogP contribution in [0.4, 0.5) is 5.69 Å². The first-order chi connectivity index (χ1) is 14.7. The van der Waals surface area contributed by atoms with Crippen molar-refractivity contribution in [3.63, 3.8) is 0 Å². The van der Waals surface area contributed by atoms with Gasteiger partial charge < -0.3 is 10.6 Å². The number of nitrogens with zero attached hydrogens (tertiary/aromatic N) is 2. The summed E-state index contributed by atoms with van der Waals surface area (Å²) >= 11 is 0. The van der Waals surface area contributed by atoms with Gasteiger partial charge >= 0.3 is 0 Å². The van der Waals surface area contributed by atoms with Crippen LogP contribution in [0.2, 0.25) is 0 Å². The van der Waals surface area contributed by atoms with Gasteiger partial charge in [-0.25, -0.2) is 13.4 Å². The number of sulfone groups is 1. The second-order valence-electron chi connectivity index (χ2n) is 8.42. The zero-order chi connectivity index (χ0) is 22.2. The van der Waals surface area contributed by atoms with E-state index in [1.54, 1.807) is 12.1 Å². The summed E-state index contributed by atoms with van der Waals surface area (Å²) in [6.07, 6.45) is 2.57. The number of nitrogens with one attached hydrogen (secondary N) is 2. The molecule has 0 bridgehead atoms. The van der Waals surface area contributed by atoms with Gasteiger partial charge in [-0.15, -0.1) is 0 Å². The lowest BCUT2D eigenvalue weighted by molar-refractivity contribution is -0.133. The molecule has 0 spiro atoms. The number of amides is 3. The Labute approximate surface area is 181 Å². The molecular formula is C21H26N4O5S. The topological polar surface area (TPSA) is 125 Å². The van der Waals surface area contributed by atoms with Crippen molar-refractivity contribution in [2.24, 2.45) is 11.0 Å². The fourth-order valence-electron chi connectivity index (χ4n) is 3.80. The Morgan fingerprint density at radius 2 is 1.84 bits per heavy atom. The fourth-order valence-corrected chi connectivity index (χ4v) is 5.49. The molecule has 1 saturated heterocycles. The number of carbonyl (C=O) groups excluding carboxylic acids is 3. The minimum absolute atomic E-state index is 0.0344. The molecule has 2 aliphatic heterocycles. The Balaban J connectivity index is 1.38.